The standard InChI is InChI=1S/C13H22N4O2S/c1-4-16(2)13-15-11(14)10(20-13)12(18)17(7-8-19-3)9-5-6-9/h9H,4-8,14H2,1-3H3. The maximum Gasteiger partial charge on any atom is 0.268 e. The zero-order valence-electron chi connectivity index (χ0n) is 12.3. The van der Waals surface area contributed by atoms with Gasteiger partial charge in [-0.1, -0.05) is 11.3 Å². The van der Waals surface area contributed by atoms with Crippen molar-refractivity contribution in [3.05, 3.63) is 4.88 Å². The summed E-state index contributed by atoms with van der Waals surface area (Å²) in [5, 5.41) is 0.788. The normalized spacial score (nSPS) is 14.3. The molecule has 0 unspecified atom stereocenters. The topological polar surface area (TPSA) is 71.7 Å². The highest BCUT2D eigenvalue weighted by Gasteiger charge is 2.34. The minimum absolute atomic E-state index is 0.0182. The summed E-state index contributed by atoms with van der Waals surface area (Å²) >= 11 is 1.37. The molecule has 7 heteroatoms. The number of carbonyl (C=O) groups excluding carboxylic acids is 1. The third kappa shape index (κ3) is 3.21. The second-order valence-corrected chi connectivity index (χ2v) is 5.93. The number of carbonyl (C=O) groups is 1. The molecule has 20 heavy (non-hydrogen) atoms. The first kappa shape index (κ1) is 15.1. The number of hydrogen-bond acceptors (Lipinski definition) is 6. The van der Waals surface area contributed by atoms with E-state index in [1.807, 2.05) is 23.8 Å². The fraction of sp³-hybridized carbons (Fsp3) is 0.692. The molecule has 1 saturated carbocycles. The number of nitrogen functional groups attached to an aromatic ring is 1. The average Bonchev–Trinajstić information content (AvgIpc) is 3.20. The van der Waals surface area contributed by atoms with Gasteiger partial charge >= 0.3 is 0 Å². The molecule has 1 aliphatic carbocycles. The molecule has 6 nitrogen and oxygen atoms in total. The Hall–Kier alpha value is -1.34. The Morgan fingerprint density at radius 1 is 1.55 bits per heavy atom. The first-order valence-electron chi connectivity index (χ1n) is 6.85. The SMILES string of the molecule is CCN(C)c1nc(N)c(C(=O)N(CCOC)C2CC2)s1. The lowest BCUT2D eigenvalue weighted by Crippen LogP contribution is -2.35. The van der Waals surface area contributed by atoms with Crippen LogP contribution in [0.3, 0.4) is 0 Å². The summed E-state index contributed by atoms with van der Waals surface area (Å²) in [5.74, 6) is 0.314. The van der Waals surface area contributed by atoms with E-state index in [1.165, 1.54) is 11.3 Å². The first-order valence-corrected chi connectivity index (χ1v) is 7.67. The highest BCUT2D eigenvalue weighted by Crippen LogP contribution is 2.33. The molecular weight excluding hydrogens is 276 g/mol. The lowest BCUT2D eigenvalue weighted by atomic mass is 10.3. The molecule has 0 aliphatic heterocycles. The van der Waals surface area contributed by atoms with Crippen LogP contribution in [0, 0.1) is 0 Å². The quantitative estimate of drug-likeness (QED) is 0.824. The molecule has 1 aliphatic rings. The summed E-state index contributed by atoms with van der Waals surface area (Å²) in [4.78, 5) is 21.3. The molecule has 0 aromatic carbocycles. The highest BCUT2D eigenvalue weighted by atomic mass is 32.1. The Kier molecular flexibility index (Phi) is 4.82. The van der Waals surface area contributed by atoms with Crippen molar-refractivity contribution in [2.75, 3.05) is 44.5 Å². The number of anilines is 2. The van der Waals surface area contributed by atoms with Crippen LogP contribution in [-0.2, 0) is 4.74 Å². The van der Waals surface area contributed by atoms with E-state index in [0.29, 0.717) is 29.9 Å². The third-order valence-corrected chi connectivity index (χ3v) is 4.60. The molecule has 2 N–H and O–H groups in total. The van der Waals surface area contributed by atoms with Gasteiger partial charge in [-0.2, -0.15) is 0 Å². The van der Waals surface area contributed by atoms with Crippen LogP contribution in [-0.4, -0.2) is 55.7 Å². The molecule has 1 aromatic heterocycles. The van der Waals surface area contributed by atoms with Gasteiger partial charge in [-0.05, 0) is 19.8 Å². The number of nitrogens with zero attached hydrogens (tertiary/aromatic N) is 3. The van der Waals surface area contributed by atoms with Crippen LogP contribution in [0.25, 0.3) is 0 Å². The molecular formula is C13H22N4O2S. The second-order valence-electron chi connectivity index (χ2n) is 4.95. The zero-order valence-corrected chi connectivity index (χ0v) is 13.1. The maximum atomic E-state index is 12.6. The van der Waals surface area contributed by atoms with Crippen molar-refractivity contribution in [2.24, 2.45) is 0 Å². The van der Waals surface area contributed by atoms with E-state index >= 15 is 0 Å². The van der Waals surface area contributed by atoms with Gasteiger partial charge in [-0.25, -0.2) is 4.98 Å². The van der Waals surface area contributed by atoms with E-state index in [1.54, 1.807) is 7.11 Å². The number of methoxy groups -OCH3 is 1. The zero-order chi connectivity index (χ0) is 14.7. The van der Waals surface area contributed by atoms with Gasteiger partial charge in [-0.15, -0.1) is 0 Å². The van der Waals surface area contributed by atoms with Crippen LogP contribution in [0.15, 0.2) is 0 Å². The van der Waals surface area contributed by atoms with Crippen LogP contribution >= 0.6 is 11.3 Å². The van der Waals surface area contributed by atoms with E-state index < -0.39 is 0 Å². The monoisotopic (exact) mass is 298 g/mol. The molecule has 1 heterocycles. The van der Waals surface area contributed by atoms with Crippen LogP contribution in [0.5, 0.6) is 0 Å². The highest BCUT2D eigenvalue weighted by molar-refractivity contribution is 7.18. The molecule has 2 rings (SSSR count). The van der Waals surface area contributed by atoms with E-state index in [-0.39, 0.29) is 5.91 Å². The van der Waals surface area contributed by atoms with E-state index in [0.717, 1.165) is 24.5 Å². The number of hydrogen-bond donors (Lipinski definition) is 1. The van der Waals surface area contributed by atoms with Crippen molar-refractivity contribution in [1.29, 1.82) is 0 Å². The lowest BCUT2D eigenvalue weighted by molar-refractivity contribution is 0.0685. The van der Waals surface area contributed by atoms with Gasteiger partial charge in [0.2, 0.25) is 0 Å². The van der Waals surface area contributed by atoms with Crippen molar-refractivity contribution in [2.45, 2.75) is 25.8 Å². The molecule has 1 amide bonds. The lowest BCUT2D eigenvalue weighted by Gasteiger charge is -2.21. The fourth-order valence-electron chi connectivity index (χ4n) is 1.93. The van der Waals surface area contributed by atoms with Crippen LogP contribution in [0.1, 0.15) is 29.4 Å². The van der Waals surface area contributed by atoms with Gasteiger partial charge in [0.05, 0.1) is 6.61 Å². The molecule has 1 aromatic rings. The predicted molar refractivity (Wildman–Crippen MR) is 81.4 cm³/mol. The Morgan fingerprint density at radius 3 is 2.80 bits per heavy atom. The Morgan fingerprint density at radius 2 is 2.25 bits per heavy atom. The molecule has 112 valence electrons. The molecule has 0 saturated heterocycles. The fourth-order valence-corrected chi connectivity index (χ4v) is 2.89. The Labute approximate surface area is 123 Å². The number of thiazole rings is 1. The molecule has 0 spiro atoms. The Bertz CT molecular complexity index is 473. The molecule has 1 fully saturated rings. The number of rotatable bonds is 7. The van der Waals surface area contributed by atoms with Gasteiger partial charge in [0.1, 0.15) is 10.7 Å². The van der Waals surface area contributed by atoms with Crippen LogP contribution < -0.4 is 10.6 Å². The van der Waals surface area contributed by atoms with E-state index in [4.69, 9.17) is 10.5 Å². The van der Waals surface area contributed by atoms with Crippen molar-refractivity contribution >= 4 is 28.2 Å². The van der Waals surface area contributed by atoms with Crippen molar-refractivity contribution in [1.82, 2.24) is 9.88 Å². The van der Waals surface area contributed by atoms with Gasteiger partial charge in [-0.3, -0.25) is 4.79 Å². The summed E-state index contributed by atoms with van der Waals surface area (Å²) < 4.78 is 5.08. The van der Waals surface area contributed by atoms with Crippen LogP contribution in [0.2, 0.25) is 0 Å². The minimum Gasteiger partial charge on any atom is -0.383 e. The Balaban J connectivity index is 2.16. The van der Waals surface area contributed by atoms with Crippen LogP contribution in [0.4, 0.5) is 10.9 Å². The second kappa shape index (κ2) is 6.41. The van der Waals surface area contributed by atoms with E-state index in [9.17, 15) is 4.79 Å². The summed E-state index contributed by atoms with van der Waals surface area (Å²) in [6.45, 7) is 4.02. The molecule has 0 atom stereocenters. The summed E-state index contributed by atoms with van der Waals surface area (Å²) in [6.07, 6.45) is 2.13. The number of ether oxygens (including phenoxy) is 1. The van der Waals surface area contributed by atoms with E-state index in [2.05, 4.69) is 4.98 Å². The average molecular weight is 298 g/mol. The first-order chi connectivity index (χ1) is 9.58. The van der Waals surface area contributed by atoms with Crippen molar-refractivity contribution < 1.29 is 9.53 Å². The maximum absolute atomic E-state index is 12.6. The number of nitrogens with two attached hydrogens (primary N) is 1. The van der Waals surface area contributed by atoms with Crippen molar-refractivity contribution in [3.8, 4) is 0 Å². The number of amides is 1. The van der Waals surface area contributed by atoms with Gasteiger partial charge in [0, 0.05) is 33.3 Å². The molecule has 0 bridgehead atoms. The van der Waals surface area contributed by atoms with Crippen molar-refractivity contribution in [3.63, 3.8) is 0 Å². The van der Waals surface area contributed by atoms with Gasteiger partial charge < -0.3 is 20.3 Å². The predicted octanol–water partition coefficient (Wildman–Crippen LogP) is 1.43. The summed E-state index contributed by atoms with van der Waals surface area (Å²) in [6, 6.07) is 0.339. The summed E-state index contributed by atoms with van der Waals surface area (Å²) in [7, 11) is 3.58. The molecule has 0 radical (unpaired) electrons. The minimum atomic E-state index is -0.0182. The largest absolute Gasteiger partial charge is 0.383 e. The smallest absolute Gasteiger partial charge is 0.268 e. The number of aromatic nitrogens is 1. The summed E-state index contributed by atoms with van der Waals surface area (Å²) in [5.41, 5.74) is 5.92. The van der Waals surface area contributed by atoms with Gasteiger partial charge in [0.15, 0.2) is 5.13 Å². The van der Waals surface area contributed by atoms with Gasteiger partial charge in [0.25, 0.3) is 5.91 Å². The third-order valence-electron chi connectivity index (χ3n) is 3.42.